The quantitative estimate of drug-likeness (QED) is 0.370. The lowest BCUT2D eigenvalue weighted by molar-refractivity contribution is 0.306. The third-order valence-electron chi connectivity index (χ3n) is 4.36. The van der Waals surface area contributed by atoms with Crippen molar-refractivity contribution < 1.29 is 12.8 Å². The Morgan fingerprint density at radius 2 is 2.19 bits per heavy atom. The van der Waals surface area contributed by atoms with E-state index in [1.54, 1.807) is 29.3 Å². The predicted molar refractivity (Wildman–Crippen MR) is 108 cm³/mol. The summed E-state index contributed by atoms with van der Waals surface area (Å²) in [5, 5.41) is 6.82. The fourth-order valence-electron chi connectivity index (χ4n) is 2.81. The topological polar surface area (TPSA) is 86.9 Å². The standard InChI is InChI=1S/C17H30N4O3S2/c1-3-26(22,23)21-11-7-15(8-12-21)20-17(19-10-14-25-2)18-9-6-16-5-4-13-24-16/h4-5,13,15H,3,6-12,14H2,1-2H3,(H2,18,19,20). The van der Waals surface area contributed by atoms with Crippen LogP contribution in [0.25, 0.3) is 0 Å². The van der Waals surface area contributed by atoms with Crippen molar-refractivity contribution in [3.63, 3.8) is 0 Å². The van der Waals surface area contributed by atoms with Crippen LogP contribution in [0.15, 0.2) is 27.8 Å². The molecule has 1 aromatic heterocycles. The number of nitrogens with one attached hydrogen (secondary N) is 2. The van der Waals surface area contributed by atoms with Crippen LogP contribution in [0.1, 0.15) is 25.5 Å². The summed E-state index contributed by atoms with van der Waals surface area (Å²) in [7, 11) is -3.08. The third-order valence-corrected chi connectivity index (χ3v) is 6.83. The summed E-state index contributed by atoms with van der Waals surface area (Å²) < 4.78 is 30.9. The maximum atomic E-state index is 12.0. The number of thioether (sulfide) groups is 1. The Hall–Kier alpha value is -1.19. The highest BCUT2D eigenvalue weighted by Crippen LogP contribution is 2.14. The van der Waals surface area contributed by atoms with Gasteiger partial charge < -0.3 is 15.1 Å². The number of rotatable bonds is 9. The van der Waals surface area contributed by atoms with E-state index in [1.807, 2.05) is 12.1 Å². The van der Waals surface area contributed by atoms with Crippen molar-refractivity contribution in [2.75, 3.05) is 43.9 Å². The highest BCUT2D eigenvalue weighted by molar-refractivity contribution is 7.98. The molecule has 1 fully saturated rings. The highest BCUT2D eigenvalue weighted by Gasteiger charge is 2.27. The minimum Gasteiger partial charge on any atom is -0.469 e. The first-order chi connectivity index (χ1) is 12.5. The second-order valence-corrected chi connectivity index (χ2v) is 9.44. The Balaban J connectivity index is 1.83. The van der Waals surface area contributed by atoms with Crippen LogP contribution in [0, 0.1) is 0 Å². The molecule has 2 rings (SSSR count). The van der Waals surface area contributed by atoms with Gasteiger partial charge in [-0.15, -0.1) is 0 Å². The molecular weight excluding hydrogens is 372 g/mol. The molecule has 1 aromatic rings. The maximum absolute atomic E-state index is 12.0. The second kappa shape index (κ2) is 10.8. The fraction of sp³-hybridized carbons (Fsp3) is 0.706. The van der Waals surface area contributed by atoms with E-state index < -0.39 is 10.0 Å². The molecule has 0 aromatic carbocycles. The van der Waals surface area contributed by atoms with Crippen LogP contribution >= 0.6 is 11.8 Å². The van der Waals surface area contributed by atoms with Crippen LogP contribution in [-0.2, 0) is 16.4 Å². The van der Waals surface area contributed by atoms with Crippen LogP contribution in [-0.4, -0.2) is 68.7 Å². The third kappa shape index (κ3) is 6.85. The first-order valence-electron chi connectivity index (χ1n) is 9.09. The summed E-state index contributed by atoms with van der Waals surface area (Å²) in [6, 6.07) is 4.09. The van der Waals surface area contributed by atoms with Gasteiger partial charge in [-0.3, -0.25) is 4.99 Å². The Morgan fingerprint density at radius 3 is 2.81 bits per heavy atom. The zero-order chi connectivity index (χ0) is 18.8. The summed E-state index contributed by atoms with van der Waals surface area (Å²) in [6.45, 7) is 4.32. The molecule has 0 bridgehead atoms. The molecule has 1 aliphatic rings. The molecular formula is C17H30N4O3S2. The molecule has 1 aliphatic heterocycles. The van der Waals surface area contributed by atoms with Crippen LogP contribution in [0.5, 0.6) is 0 Å². The molecule has 148 valence electrons. The predicted octanol–water partition coefficient (Wildman–Crippen LogP) is 1.53. The highest BCUT2D eigenvalue weighted by atomic mass is 32.2. The van der Waals surface area contributed by atoms with E-state index in [9.17, 15) is 8.42 Å². The van der Waals surface area contributed by atoms with Gasteiger partial charge in [-0.1, -0.05) is 0 Å². The minimum absolute atomic E-state index is 0.167. The largest absolute Gasteiger partial charge is 0.469 e. The number of sulfonamides is 1. The van der Waals surface area contributed by atoms with Gasteiger partial charge in [-0.2, -0.15) is 11.8 Å². The summed E-state index contributed by atoms with van der Waals surface area (Å²) in [4.78, 5) is 4.62. The van der Waals surface area contributed by atoms with E-state index in [-0.39, 0.29) is 11.8 Å². The van der Waals surface area contributed by atoms with Crippen LogP contribution in [0.4, 0.5) is 0 Å². The minimum atomic E-state index is -3.08. The Labute approximate surface area is 161 Å². The summed E-state index contributed by atoms with van der Waals surface area (Å²) in [5.74, 6) is 2.88. The molecule has 2 heterocycles. The Kier molecular flexibility index (Phi) is 8.80. The molecule has 0 radical (unpaired) electrons. The average molecular weight is 403 g/mol. The van der Waals surface area contributed by atoms with Crippen LogP contribution in [0.3, 0.4) is 0 Å². The number of furan rings is 1. The molecule has 9 heteroatoms. The van der Waals surface area contributed by atoms with Crippen molar-refractivity contribution in [3.05, 3.63) is 24.2 Å². The second-order valence-electron chi connectivity index (χ2n) is 6.20. The van der Waals surface area contributed by atoms with Gasteiger partial charge in [0.1, 0.15) is 5.76 Å². The van der Waals surface area contributed by atoms with E-state index >= 15 is 0 Å². The smallest absolute Gasteiger partial charge is 0.213 e. The van der Waals surface area contributed by atoms with Crippen molar-refractivity contribution in [3.8, 4) is 0 Å². The van der Waals surface area contributed by atoms with E-state index in [4.69, 9.17) is 4.42 Å². The first-order valence-corrected chi connectivity index (χ1v) is 12.1. The SMILES string of the molecule is CCS(=O)(=O)N1CCC(NC(=NCCSC)NCCc2ccco2)CC1. The van der Waals surface area contributed by atoms with Crippen molar-refractivity contribution >= 4 is 27.7 Å². The van der Waals surface area contributed by atoms with E-state index in [2.05, 4.69) is 21.9 Å². The van der Waals surface area contributed by atoms with Gasteiger partial charge in [0.25, 0.3) is 0 Å². The summed E-state index contributed by atoms with van der Waals surface area (Å²) in [6.07, 6.45) is 6.13. The molecule has 0 saturated carbocycles. The molecule has 0 amide bonds. The Morgan fingerprint density at radius 1 is 1.42 bits per heavy atom. The van der Waals surface area contributed by atoms with Gasteiger partial charge in [0.05, 0.1) is 18.6 Å². The van der Waals surface area contributed by atoms with Gasteiger partial charge in [-0.25, -0.2) is 12.7 Å². The summed E-state index contributed by atoms with van der Waals surface area (Å²) >= 11 is 1.77. The number of guanidine groups is 1. The van der Waals surface area contributed by atoms with Gasteiger partial charge >= 0.3 is 0 Å². The Bertz CT molecular complexity index is 639. The van der Waals surface area contributed by atoms with Crippen molar-refractivity contribution in [2.24, 2.45) is 4.99 Å². The van der Waals surface area contributed by atoms with E-state index in [0.29, 0.717) is 13.1 Å². The zero-order valence-electron chi connectivity index (χ0n) is 15.6. The van der Waals surface area contributed by atoms with Crippen molar-refractivity contribution in [1.29, 1.82) is 0 Å². The van der Waals surface area contributed by atoms with Gasteiger partial charge in [-0.05, 0) is 38.2 Å². The zero-order valence-corrected chi connectivity index (χ0v) is 17.2. The van der Waals surface area contributed by atoms with E-state index in [1.165, 1.54) is 0 Å². The number of hydrogen-bond acceptors (Lipinski definition) is 5. The van der Waals surface area contributed by atoms with E-state index in [0.717, 1.165) is 49.8 Å². The molecule has 0 spiro atoms. The molecule has 2 N–H and O–H groups in total. The maximum Gasteiger partial charge on any atom is 0.213 e. The molecule has 0 unspecified atom stereocenters. The monoisotopic (exact) mass is 402 g/mol. The molecule has 0 aliphatic carbocycles. The molecule has 7 nitrogen and oxygen atoms in total. The first kappa shape index (κ1) is 21.1. The van der Waals surface area contributed by atoms with Gasteiger partial charge in [0.15, 0.2) is 5.96 Å². The lowest BCUT2D eigenvalue weighted by Gasteiger charge is -2.32. The van der Waals surface area contributed by atoms with Crippen LogP contribution < -0.4 is 10.6 Å². The van der Waals surface area contributed by atoms with Crippen molar-refractivity contribution in [1.82, 2.24) is 14.9 Å². The summed E-state index contributed by atoms with van der Waals surface area (Å²) in [5.41, 5.74) is 0. The molecule has 26 heavy (non-hydrogen) atoms. The van der Waals surface area contributed by atoms with Gasteiger partial charge in [0, 0.05) is 37.8 Å². The molecule has 1 saturated heterocycles. The number of aliphatic imine (C=N–C) groups is 1. The fourth-order valence-corrected chi connectivity index (χ4v) is 4.22. The lowest BCUT2D eigenvalue weighted by atomic mass is 10.1. The molecule has 0 atom stereocenters. The lowest BCUT2D eigenvalue weighted by Crippen LogP contribution is -2.50. The number of piperidine rings is 1. The van der Waals surface area contributed by atoms with Crippen molar-refractivity contribution in [2.45, 2.75) is 32.2 Å². The normalized spacial score (nSPS) is 17.4. The number of nitrogens with zero attached hydrogens (tertiary/aromatic N) is 2. The number of hydrogen-bond donors (Lipinski definition) is 2. The van der Waals surface area contributed by atoms with Crippen LogP contribution in [0.2, 0.25) is 0 Å². The van der Waals surface area contributed by atoms with Gasteiger partial charge in [0.2, 0.25) is 10.0 Å². The average Bonchev–Trinajstić information content (AvgIpc) is 3.15.